The second-order valence-electron chi connectivity index (χ2n) is 3.73. The number of aromatic carboxylic acids is 1. The molecule has 0 fully saturated rings. The maximum atomic E-state index is 10.8. The van der Waals surface area contributed by atoms with Crippen molar-refractivity contribution in [2.75, 3.05) is 5.32 Å². The van der Waals surface area contributed by atoms with Gasteiger partial charge >= 0.3 is 5.97 Å². The number of carbonyl (C=O) groups is 1. The largest absolute Gasteiger partial charge is 0.478 e. The van der Waals surface area contributed by atoms with Crippen LogP contribution in [0.2, 0.25) is 0 Å². The summed E-state index contributed by atoms with van der Waals surface area (Å²) in [5, 5.41) is 18.0. The van der Waals surface area contributed by atoms with Gasteiger partial charge in [0.15, 0.2) is 5.11 Å². The molecule has 0 atom stereocenters. The minimum absolute atomic E-state index is 0.194. The number of anilines is 1. The van der Waals surface area contributed by atoms with Crippen LogP contribution >= 0.6 is 23.6 Å². The fraction of sp³-hybridized carbons (Fsp3) is 0. The van der Waals surface area contributed by atoms with E-state index in [0.29, 0.717) is 10.8 Å². The van der Waals surface area contributed by atoms with Crippen molar-refractivity contribution in [3.63, 3.8) is 0 Å². The summed E-state index contributed by atoms with van der Waals surface area (Å²) in [6, 6.07) is 10.2. The van der Waals surface area contributed by atoms with Gasteiger partial charge in [0.2, 0.25) is 0 Å². The number of hydrogen-bond acceptors (Lipinski definition) is 4. The lowest BCUT2D eigenvalue weighted by Gasteiger charge is -2.07. The molecule has 0 spiro atoms. The van der Waals surface area contributed by atoms with Crippen LogP contribution in [0, 0.1) is 0 Å². The molecular weight excluding hydrogens is 294 g/mol. The predicted molar refractivity (Wildman–Crippen MR) is 84.7 cm³/mol. The summed E-state index contributed by atoms with van der Waals surface area (Å²) in [4.78, 5) is 11.9. The minimum Gasteiger partial charge on any atom is -0.478 e. The minimum atomic E-state index is -0.983. The Bertz CT molecular complexity index is 639. The van der Waals surface area contributed by atoms with Gasteiger partial charge in [0.05, 0.1) is 11.8 Å². The van der Waals surface area contributed by atoms with Crippen LogP contribution in [-0.2, 0) is 0 Å². The zero-order chi connectivity index (χ0) is 14.4. The molecular formula is C13H11N3O2S2. The Kier molecular flexibility index (Phi) is 4.80. The van der Waals surface area contributed by atoms with Crippen molar-refractivity contribution in [2.24, 2.45) is 5.10 Å². The first-order valence-electron chi connectivity index (χ1n) is 5.62. The quantitative estimate of drug-likeness (QED) is 0.460. The average Bonchev–Trinajstić information content (AvgIpc) is 2.92. The van der Waals surface area contributed by atoms with Crippen molar-refractivity contribution >= 4 is 46.5 Å². The second-order valence-corrected chi connectivity index (χ2v) is 5.11. The summed E-state index contributed by atoms with van der Waals surface area (Å²) in [6.07, 6.45) is 1.66. The van der Waals surface area contributed by atoms with Gasteiger partial charge in [-0.2, -0.15) is 5.10 Å². The van der Waals surface area contributed by atoms with Crippen molar-refractivity contribution < 1.29 is 9.90 Å². The molecule has 5 nitrogen and oxygen atoms in total. The average molecular weight is 305 g/mol. The van der Waals surface area contributed by atoms with Crippen LogP contribution in [0.5, 0.6) is 0 Å². The SMILES string of the molecule is O=C(O)c1cccc(NC(=S)N/N=C\c2cccs2)c1. The molecule has 0 aliphatic heterocycles. The molecule has 0 amide bonds. The Morgan fingerprint density at radius 2 is 2.20 bits per heavy atom. The molecule has 1 heterocycles. The number of hydrazone groups is 1. The van der Waals surface area contributed by atoms with Crippen LogP contribution < -0.4 is 10.7 Å². The van der Waals surface area contributed by atoms with Crippen LogP contribution in [0.1, 0.15) is 15.2 Å². The van der Waals surface area contributed by atoms with E-state index in [1.807, 2.05) is 17.5 Å². The Labute approximate surface area is 125 Å². The molecule has 0 saturated carbocycles. The smallest absolute Gasteiger partial charge is 0.335 e. The Morgan fingerprint density at radius 1 is 1.35 bits per heavy atom. The monoisotopic (exact) mass is 305 g/mol. The van der Waals surface area contributed by atoms with Gasteiger partial charge in [-0.3, -0.25) is 5.43 Å². The predicted octanol–water partition coefficient (Wildman–Crippen LogP) is 2.77. The molecule has 1 aromatic carbocycles. The van der Waals surface area contributed by atoms with Gasteiger partial charge in [-0.25, -0.2) is 4.79 Å². The fourth-order valence-electron chi connectivity index (χ4n) is 1.41. The lowest BCUT2D eigenvalue weighted by atomic mass is 10.2. The van der Waals surface area contributed by atoms with Crippen LogP contribution in [-0.4, -0.2) is 22.4 Å². The standard InChI is InChI=1S/C13H11N3O2S2/c17-12(18)9-3-1-4-10(7-9)15-13(19)16-14-8-11-5-2-6-20-11/h1-8H,(H,17,18)(H2,15,16,19)/b14-8-. The first-order valence-corrected chi connectivity index (χ1v) is 6.91. The van der Waals surface area contributed by atoms with E-state index in [-0.39, 0.29) is 5.56 Å². The third kappa shape index (κ3) is 4.15. The zero-order valence-electron chi connectivity index (χ0n) is 10.2. The zero-order valence-corrected chi connectivity index (χ0v) is 11.9. The Morgan fingerprint density at radius 3 is 2.90 bits per heavy atom. The molecule has 0 aliphatic carbocycles. The molecule has 20 heavy (non-hydrogen) atoms. The van der Waals surface area contributed by atoms with E-state index in [4.69, 9.17) is 17.3 Å². The van der Waals surface area contributed by atoms with E-state index in [1.165, 1.54) is 12.1 Å². The molecule has 0 radical (unpaired) electrons. The lowest BCUT2D eigenvalue weighted by Crippen LogP contribution is -2.23. The van der Waals surface area contributed by atoms with Gasteiger partial charge in [-0.05, 0) is 41.9 Å². The first-order chi connectivity index (χ1) is 9.65. The highest BCUT2D eigenvalue weighted by atomic mass is 32.1. The highest BCUT2D eigenvalue weighted by molar-refractivity contribution is 7.80. The van der Waals surface area contributed by atoms with E-state index in [2.05, 4.69) is 15.8 Å². The van der Waals surface area contributed by atoms with Crippen molar-refractivity contribution in [3.8, 4) is 0 Å². The molecule has 0 bridgehead atoms. The van der Waals surface area contributed by atoms with E-state index in [9.17, 15) is 4.79 Å². The normalized spacial score (nSPS) is 10.4. The fourth-order valence-corrected chi connectivity index (χ4v) is 2.16. The third-order valence-corrected chi connectivity index (χ3v) is 3.27. The molecule has 0 unspecified atom stereocenters. The number of carboxylic acids is 1. The highest BCUT2D eigenvalue weighted by Gasteiger charge is 2.03. The molecule has 2 rings (SSSR count). The number of rotatable bonds is 4. The molecule has 2 aromatic rings. The van der Waals surface area contributed by atoms with Gasteiger partial charge in [0.25, 0.3) is 0 Å². The number of thiophene rings is 1. The lowest BCUT2D eigenvalue weighted by molar-refractivity contribution is 0.0697. The van der Waals surface area contributed by atoms with E-state index >= 15 is 0 Å². The molecule has 102 valence electrons. The summed E-state index contributed by atoms with van der Waals surface area (Å²) < 4.78 is 0. The topological polar surface area (TPSA) is 73.7 Å². The number of benzene rings is 1. The van der Waals surface area contributed by atoms with Crippen molar-refractivity contribution in [2.45, 2.75) is 0 Å². The summed E-state index contributed by atoms with van der Waals surface area (Å²) >= 11 is 6.63. The first kappa shape index (κ1) is 14.2. The number of hydrogen-bond donors (Lipinski definition) is 3. The van der Waals surface area contributed by atoms with Crippen LogP contribution in [0.4, 0.5) is 5.69 Å². The van der Waals surface area contributed by atoms with Crippen LogP contribution in [0.25, 0.3) is 0 Å². The summed E-state index contributed by atoms with van der Waals surface area (Å²) in [6.45, 7) is 0. The summed E-state index contributed by atoms with van der Waals surface area (Å²) in [7, 11) is 0. The molecule has 7 heteroatoms. The molecule has 3 N–H and O–H groups in total. The number of nitrogens with one attached hydrogen (secondary N) is 2. The van der Waals surface area contributed by atoms with E-state index in [1.54, 1.807) is 29.7 Å². The van der Waals surface area contributed by atoms with Crippen molar-refractivity contribution in [3.05, 3.63) is 52.2 Å². The Balaban J connectivity index is 1.91. The maximum absolute atomic E-state index is 10.8. The van der Waals surface area contributed by atoms with Crippen molar-refractivity contribution in [1.82, 2.24) is 5.43 Å². The van der Waals surface area contributed by atoms with Gasteiger partial charge in [-0.15, -0.1) is 11.3 Å². The maximum Gasteiger partial charge on any atom is 0.335 e. The van der Waals surface area contributed by atoms with Gasteiger partial charge in [-0.1, -0.05) is 12.1 Å². The molecule has 1 aromatic heterocycles. The van der Waals surface area contributed by atoms with E-state index in [0.717, 1.165) is 4.88 Å². The summed E-state index contributed by atoms with van der Waals surface area (Å²) in [5.74, 6) is -0.983. The van der Waals surface area contributed by atoms with Crippen LogP contribution in [0.3, 0.4) is 0 Å². The number of carboxylic acid groups (broad SMARTS) is 1. The van der Waals surface area contributed by atoms with Gasteiger partial charge in [0, 0.05) is 10.6 Å². The van der Waals surface area contributed by atoms with Crippen LogP contribution in [0.15, 0.2) is 46.9 Å². The van der Waals surface area contributed by atoms with Crippen molar-refractivity contribution in [1.29, 1.82) is 0 Å². The number of thiocarbonyl (C=S) groups is 1. The molecule has 0 saturated heterocycles. The Hall–Kier alpha value is -2.25. The van der Waals surface area contributed by atoms with Gasteiger partial charge < -0.3 is 10.4 Å². The third-order valence-electron chi connectivity index (χ3n) is 2.27. The number of nitrogens with zero attached hydrogens (tertiary/aromatic N) is 1. The summed E-state index contributed by atoms with van der Waals surface area (Å²) in [5.41, 5.74) is 3.45. The molecule has 0 aliphatic rings. The highest BCUT2D eigenvalue weighted by Crippen LogP contribution is 2.10. The van der Waals surface area contributed by atoms with E-state index < -0.39 is 5.97 Å². The second kappa shape index (κ2) is 6.78. The van der Waals surface area contributed by atoms with Gasteiger partial charge in [0.1, 0.15) is 0 Å².